The predicted octanol–water partition coefficient (Wildman–Crippen LogP) is -1.54. The molecule has 64 heavy (non-hydrogen) atoms. The van der Waals surface area contributed by atoms with Gasteiger partial charge in [0, 0.05) is 25.5 Å². The van der Waals surface area contributed by atoms with E-state index in [-0.39, 0.29) is 48.0 Å². The smallest absolute Gasteiger partial charge is 0.331 e. The monoisotopic (exact) mass is 914 g/mol. The summed E-state index contributed by atoms with van der Waals surface area (Å²) in [4.78, 5) is 24.7. The van der Waals surface area contributed by atoms with Crippen LogP contribution in [0.2, 0.25) is 0 Å². The highest BCUT2D eigenvalue weighted by Gasteiger charge is 2.84. The van der Waals surface area contributed by atoms with Crippen molar-refractivity contribution in [2.75, 3.05) is 26.9 Å². The number of fused-ring (bicyclic) bond motifs is 3. The zero-order valence-corrected chi connectivity index (χ0v) is 36.9. The van der Waals surface area contributed by atoms with Crippen LogP contribution in [0, 0.1) is 28.6 Å². The first-order valence-corrected chi connectivity index (χ1v) is 22.9. The van der Waals surface area contributed by atoms with Crippen LogP contribution in [0.4, 0.5) is 0 Å². The van der Waals surface area contributed by atoms with Gasteiger partial charge >= 0.3 is 11.9 Å². The fraction of sp³-hybridized carbons (Fsp3) is 0.909. The van der Waals surface area contributed by atoms with E-state index in [1.807, 2.05) is 0 Å². The van der Waals surface area contributed by atoms with Gasteiger partial charge in [-0.2, -0.15) is 0 Å². The summed E-state index contributed by atoms with van der Waals surface area (Å²) >= 11 is 0. The van der Waals surface area contributed by atoms with Gasteiger partial charge in [-0.15, -0.1) is 0 Å². The summed E-state index contributed by atoms with van der Waals surface area (Å²) in [6.07, 6.45) is -14.2. The second-order valence-corrected chi connectivity index (χ2v) is 20.3. The molecular formula is C44H66O20. The van der Waals surface area contributed by atoms with E-state index >= 15 is 0 Å². The summed E-state index contributed by atoms with van der Waals surface area (Å²) in [7, 11) is 1.39. The first-order chi connectivity index (χ1) is 30.3. The molecule has 4 aliphatic carbocycles. The average Bonchev–Trinajstić information content (AvgIpc) is 3.70. The number of cyclic esters (lactones) is 1. The number of rotatable bonds is 11. The molecule has 5 aliphatic heterocycles. The molecule has 0 aromatic rings. The fourth-order valence-corrected chi connectivity index (χ4v) is 13.7. The number of hydrogen-bond acceptors (Lipinski definition) is 20. The SMILES string of the molecule is COC1C(OC2OC(COC3OC(CO)C(O)C(O)C3O)C(O)C(O)C2O)C(C)OC(OC2CCC3(C)C(C2)CC2OC24C3CCC2(C)C(C3=CC(=O)OC3)CCC24O)C1OC(C)=O. The van der Waals surface area contributed by atoms with Crippen LogP contribution in [0.1, 0.15) is 79.1 Å². The number of hydrogen-bond donors (Lipinski definition) is 8. The van der Waals surface area contributed by atoms with Gasteiger partial charge in [-0.05, 0) is 87.0 Å². The molecule has 1 spiro atoms. The van der Waals surface area contributed by atoms with Gasteiger partial charge in [-0.3, -0.25) is 4.79 Å². The first kappa shape index (κ1) is 47.1. The molecule has 4 saturated heterocycles. The normalized spacial score (nSPS) is 54.5. The Morgan fingerprint density at radius 3 is 2.19 bits per heavy atom. The molecule has 0 aromatic heterocycles. The largest absolute Gasteiger partial charge is 0.458 e. The van der Waals surface area contributed by atoms with Gasteiger partial charge in [0.2, 0.25) is 0 Å². The van der Waals surface area contributed by atoms with Crippen molar-refractivity contribution in [1.82, 2.24) is 0 Å². The van der Waals surface area contributed by atoms with E-state index in [0.29, 0.717) is 19.3 Å². The summed E-state index contributed by atoms with van der Waals surface area (Å²) in [5, 5.41) is 85.8. The number of aliphatic hydroxyl groups is 8. The molecule has 24 unspecified atom stereocenters. The Bertz CT molecular complexity index is 1780. The lowest BCUT2D eigenvalue weighted by Gasteiger charge is -2.62. The number of carbonyl (C=O) groups is 2. The van der Waals surface area contributed by atoms with E-state index in [1.165, 1.54) is 14.0 Å². The molecule has 9 rings (SSSR count). The summed E-state index contributed by atoms with van der Waals surface area (Å²) in [6, 6.07) is 0. The van der Waals surface area contributed by atoms with Gasteiger partial charge in [-0.25, -0.2) is 4.79 Å². The van der Waals surface area contributed by atoms with E-state index in [9.17, 15) is 50.4 Å². The molecular weight excluding hydrogens is 848 g/mol. The van der Waals surface area contributed by atoms with Crippen molar-refractivity contribution in [2.45, 2.75) is 195 Å². The highest BCUT2D eigenvalue weighted by atomic mass is 16.8. The fourth-order valence-electron chi connectivity index (χ4n) is 13.7. The van der Waals surface area contributed by atoms with Crippen LogP contribution in [-0.2, 0) is 57.0 Å². The van der Waals surface area contributed by atoms with Crippen LogP contribution in [0.5, 0.6) is 0 Å². The second kappa shape index (κ2) is 17.2. The van der Waals surface area contributed by atoms with Gasteiger partial charge in [-0.1, -0.05) is 13.8 Å². The Morgan fingerprint density at radius 1 is 0.812 bits per heavy atom. The average molecular weight is 915 g/mol. The molecule has 0 radical (unpaired) electrons. The Labute approximate surface area is 371 Å². The molecule has 0 aromatic carbocycles. The van der Waals surface area contributed by atoms with Crippen LogP contribution < -0.4 is 0 Å². The maximum Gasteiger partial charge on any atom is 0.331 e. The van der Waals surface area contributed by atoms with Crippen LogP contribution >= 0.6 is 0 Å². The minimum atomic E-state index is -1.81. The van der Waals surface area contributed by atoms with Crippen molar-refractivity contribution >= 4 is 11.9 Å². The van der Waals surface area contributed by atoms with Gasteiger partial charge in [0.25, 0.3) is 0 Å². The summed E-state index contributed by atoms with van der Waals surface area (Å²) < 4.78 is 60.0. The number of carbonyl (C=O) groups excluding carboxylic acids is 2. The van der Waals surface area contributed by atoms with Gasteiger partial charge in [0.1, 0.15) is 78.8 Å². The molecule has 8 N–H and O–H groups in total. The minimum Gasteiger partial charge on any atom is -0.458 e. The zero-order chi connectivity index (χ0) is 45.8. The third-order valence-corrected chi connectivity index (χ3v) is 17.2. The molecule has 20 heteroatoms. The molecule has 8 fully saturated rings. The van der Waals surface area contributed by atoms with E-state index in [1.54, 1.807) is 13.0 Å². The highest BCUT2D eigenvalue weighted by Crippen LogP contribution is 2.77. The van der Waals surface area contributed by atoms with Crippen molar-refractivity contribution < 1.29 is 97.8 Å². The van der Waals surface area contributed by atoms with E-state index in [0.717, 1.165) is 37.7 Å². The van der Waals surface area contributed by atoms with Gasteiger partial charge < -0.3 is 88.2 Å². The van der Waals surface area contributed by atoms with Crippen molar-refractivity contribution in [3.8, 4) is 0 Å². The number of ether oxygens (including phenoxy) is 10. The predicted molar refractivity (Wildman–Crippen MR) is 212 cm³/mol. The number of esters is 2. The third kappa shape index (κ3) is 7.32. The lowest BCUT2D eigenvalue weighted by atomic mass is 9.43. The number of aliphatic hydroxyl groups excluding tert-OH is 7. The van der Waals surface area contributed by atoms with Crippen molar-refractivity contribution in [1.29, 1.82) is 0 Å². The summed E-state index contributed by atoms with van der Waals surface area (Å²) in [5.41, 5.74) is -1.31. The van der Waals surface area contributed by atoms with E-state index in [2.05, 4.69) is 13.8 Å². The third-order valence-electron chi connectivity index (χ3n) is 17.2. The lowest BCUT2D eigenvalue weighted by Crippen LogP contribution is -2.68. The summed E-state index contributed by atoms with van der Waals surface area (Å²) in [5.74, 6) is -0.576. The maximum atomic E-state index is 12.8. The van der Waals surface area contributed by atoms with E-state index < -0.39 is 128 Å². The lowest BCUT2D eigenvalue weighted by molar-refractivity contribution is -0.367. The van der Waals surface area contributed by atoms with Crippen LogP contribution in [0.15, 0.2) is 11.6 Å². The molecule has 24 atom stereocenters. The molecule has 20 nitrogen and oxygen atoms in total. The van der Waals surface area contributed by atoms with Crippen molar-refractivity contribution in [2.24, 2.45) is 28.6 Å². The Balaban J connectivity index is 0.859. The Kier molecular flexibility index (Phi) is 12.7. The van der Waals surface area contributed by atoms with Crippen molar-refractivity contribution in [3.63, 3.8) is 0 Å². The number of epoxide rings is 1. The molecule has 5 heterocycles. The topological polar surface area (TPSA) is 292 Å². The van der Waals surface area contributed by atoms with Crippen LogP contribution in [-0.4, -0.2) is 195 Å². The summed E-state index contributed by atoms with van der Waals surface area (Å²) in [6.45, 7) is 6.46. The van der Waals surface area contributed by atoms with Crippen molar-refractivity contribution in [3.05, 3.63) is 11.6 Å². The highest BCUT2D eigenvalue weighted by molar-refractivity contribution is 5.85. The molecule has 9 aliphatic rings. The molecule has 0 bridgehead atoms. The molecule has 4 saturated carbocycles. The Hall–Kier alpha value is -1.96. The minimum absolute atomic E-state index is 0.0483. The Morgan fingerprint density at radius 2 is 1.52 bits per heavy atom. The molecule has 362 valence electrons. The maximum absolute atomic E-state index is 12.8. The quantitative estimate of drug-likeness (QED) is 0.0662. The standard InChI is InChI=1S/C44H66O20/c1-18-35(63-39-34(53)32(51)30(49)25(62-39)17-57-38-33(52)31(50)29(48)24(15-45)61-38)36(55-5)37(59-19(2)46)40(58-18)60-22-6-9-41(3)21(13-22)14-27-44(64-27)26(41)8-10-42(4)23(7-11-43(42,44)54)20-12-28(47)56-16-20/h12,18,21-27,29-40,45,48-54H,6-11,13-17H2,1-5H3. The van der Waals surface area contributed by atoms with Crippen LogP contribution in [0.25, 0.3) is 0 Å². The van der Waals surface area contributed by atoms with Gasteiger partial charge in [0.05, 0.1) is 31.5 Å². The number of methoxy groups -OCH3 is 1. The second-order valence-electron chi connectivity index (χ2n) is 20.3. The van der Waals surface area contributed by atoms with Gasteiger partial charge in [0.15, 0.2) is 25.0 Å². The zero-order valence-electron chi connectivity index (χ0n) is 36.9. The first-order valence-electron chi connectivity index (χ1n) is 22.9. The van der Waals surface area contributed by atoms with Crippen LogP contribution in [0.3, 0.4) is 0 Å². The van der Waals surface area contributed by atoms with E-state index in [4.69, 9.17) is 47.4 Å². The molecule has 0 amide bonds.